The predicted molar refractivity (Wildman–Crippen MR) is 144 cm³/mol. The number of thiocarbonyl (C=S) groups is 1. The predicted octanol–water partition coefficient (Wildman–Crippen LogP) is 6.68. The lowest BCUT2D eigenvalue weighted by Crippen LogP contribution is -2.29. The van der Waals surface area contributed by atoms with Gasteiger partial charge < -0.3 is 14.8 Å². The SMILES string of the molecule is CCc1cccc(C)c1-n1c(C)cc([C@@H]2[C@H](c3ccccn3)NC(=S)N2c2ccc(F)cc2)c1C. The zero-order valence-electron chi connectivity index (χ0n) is 20.4. The van der Waals surface area contributed by atoms with Gasteiger partial charge in [0.1, 0.15) is 5.82 Å². The quantitative estimate of drug-likeness (QED) is 0.321. The van der Waals surface area contributed by atoms with Gasteiger partial charge in [-0.15, -0.1) is 0 Å². The van der Waals surface area contributed by atoms with Crippen LogP contribution in [-0.2, 0) is 6.42 Å². The number of hydrogen-bond acceptors (Lipinski definition) is 2. The first-order valence-corrected chi connectivity index (χ1v) is 12.4. The lowest BCUT2D eigenvalue weighted by atomic mass is 9.96. The Morgan fingerprint density at radius 1 is 1.00 bits per heavy atom. The van der Waals surface area contributed by atoms with Crippen LogP contribution in [0.3, 0.4) is 0 Å². The molecule has 1 aliphatic heterocycles. The van der Waals surface area contributed by atoms with Crippen molar-refractivity contribution in [1.82, 2.24) is 14.9 Å². The Hall–Kier alpha value is -3.51. The van der Waals surface area contributed by atoms with Crippen molar-refractivity contribution in [1.29, 1.82) is 0 Å². The van der Waals surface area contributed by atoms with Crippen LogP contribution >= 0.6 is 12.2 Å². The zero-order chi connectivity index (χ0) is 24.7. The normalized spacial score (nSPS) is 17.6. The summed E-state index contributed by atoms with van der Waals surface area (Å²) in [5.74, 6) is -0.269. The lowest BCUT2D eigenvalue weighted by Gasteiger charge is -2.28. The average molecular weight is 485 g/mol. The third kappa shape index (κ3) is 4.02. The highest BCUT2D eigenvalue weighted by atomic mass is 32.1. The van der Waals surface area contributed by atoms with E-state index < -0.39 is 0 Å². The Balaban J connectivity index is 1.71. The standard InChI is InChI=1S/C29H29FN4S/c1-5-21-10-8-9-18(2)27(21)33-19(3)17-24(20(33)4)28-26(25-11-6-7-16-31-25)32-29(35)34(28)23-14-12-22(30)13-15-23/h6-17,26,28H,5H2,1-4H3,(H,32,35)/t26-,28+/m0/s1. The Morgan fingerprint density at radius 2 is 1.77 bits per heavy atom. The summed E-state index contributed by atoms with van der Waals surface area (Å²) >= 11 is 5.83. The Morgan fingerprint density at radius 3 is 2.46 bits per heavy atom. The Bertz CT molecular complexity index is 1380. The van der Waals surface area contributed by atoms with Gasteiger partial charge in [0.25, 0.3) is 0 Å². The topological polar surface area (TPSA) is 33.1 Å². The van der Waals surface area contributed by atoms with Crippen LogP contribution in [0.5, 0.6) is 0 Å². The molecule has 0 amide bonds. The average Bonchev–Trinajstić information content (AvgIpc) is 3.35. The summed E-state index contributed by atoms with van der Waals surface area (Å²) in [6.07, 6.45) is 2.76. The molecule has 1 aliphatic rings. The molecule has 4 nitrogen and oxygen atoms in total. The van der Waals surface area contributed by atoms with E-state index in [0.717, 1.165) is 29.2 Å². The maximum atomic E-state index is 13.8. The van der Waals surface area contributed by atoms with E-state index >= 15 is 0 Å². The van der Waals surface area contributed by atoms with Gasteiger partial charge in [0.15, 0.2) is 5.11 Å². The largest absolute Gasteiger partial charge is 0.351 e. The number of hydrogen-bond donors (Lipinski definition) is 1. The lowest BCUT2D eigenvalue weighted by molar-refractivity contribution is 0.565. The van der Waals surface area contributed by atoms with Gasteiger partial charge in [-0.25, -0.2) is 4.39 Å². The molecule has 35 heavy (non-hydrogen) atoms. The number of halogens is 1. The summed E-state index contributed by atoms with van der Waals surface area (Å²) in [5, 5.41) is 4.11. The van der Waals surface area contributed by atoms with Crippen LogP contribution in [0.2, 0.25) is 0 Å². The van der Waals surface area contributed by atoms with Crippen molar-refractivity contribution >= 4 is 23.0 Å². The molecule has 0 radical (unpaired) electrons. The van der Waals surface area contributed by atoms with Crippen molar-refractivity contribution in [3.63, 3.8) is 0 Å². The molecular weight excluding hydrogens is 455 g/mol. The van der Waals surface area contributed by atoms with Gasteiger partial charge in [0.2, 0.25) is 0 Å². The molecule has 5 rings (SSSR count). The molecule has 2 aromatic heterocycles. The molecule has 0 bridgehead atoms. The van der Waals surface area contributed by atoms with Crippen LogP contribution in [-0.4, -0.2) is 14.7 Å². The minimum atomic E-state index is -0.269. The fraction of sp³-hybridized carbons (Fsp3) is 0.241. The van der Waals surface area contributed by atoms with E-state index in [1.807, 2.05) is 24.4 Å². The van der Waals surface area contributed by atoms with Gasteiger partial charge in [-0.2, -0.15) is 0 Å². The van der Waals surface area contributed by atoms with Gasteiger partial charge in [-0.1, -0.05) is 31.2 Å². The molecule has 1 saturated heterocycles. The molecule has 1 N–H and O–H groups in total. The third-order valence-corrected chi connectivity index (χ3v) is 7.23. The van der Waals surface area contributed by atoms with E-state index in [1.165, 1.54) is 34.5 Å². The van der Waals surface area contributed by atoms with E-state index in [2.05, 4.69) is 71.7 Å². The molecule has 0 saturated carbocycles. The summed E-state index contributed by atoms with van der Waals surface area (Å²) in [7, 11) is 0. The van der Waals surface area contributed by atoms with Crippen molar-refractivity contribution in [2.75, 3.05) is 4.90 Å². The Labute approximate surface area is 211 Å². The summed E-state index contributed by atoms with van der Waals surface area (Å²) in [6, 6.07) is 20.9. The molecule has 178 valence electrons. The highest BCUT2D eigenvalue weighted by Crippen LogP contribution is 2.44. The van der Waals surface area contributed by atoms with Crippen LogP contribution in [0.15, 0.2) is 72.9 Å². The second kappa shape index (κ2) is 9.27. The first kappa shape index (κ1) is 23.2. The van der Waals surface area contributed by atoms with E-state index in [1.54, 1.807) is 12.1 Å². The molecule has 2 atom stereocenters. The molecule has 4 aromatic rings. The van der Waals surface area contributed by atoms with Crippen molar-refractivity contribution in [2.24, 2.45) is 0 Å². The molecule has 3 heterocycles. The van der Waals surface area contributed by atoms with Crippen molar-refractivity contribution in [3.8, 4) is 5.69 Å². The first-order valence-electron chi connectivity index (χ1n) is 11.9. The van der Waals surface area contributed by atoms with Gasteiger partial charge in [0, 0.05) is 23.3 Å². The van der Waals surface area contributed by atoms with Crippen LogP contribution in [0, 0.1) is 26.6 Å². The van der Waals surface area contributed by atoms with Crippen LogP contribution in [0.25, 0.3) is 5.69 Å². The maximum Gasteiger partial charge on any atom is 0.174 e. The summed E-state index contributed by atoms with van der Waals surface area (Å²) in [5.41, 5.74) is 9.06. The molecule has 0 spiro atoms. The van der Waals surface area contributed by atoms with Crippen LogP contribution in [0.4, 0.5) is 10.1 Å². The van der Waals surface area contributed by atoms with Gasteiger partial charge in [0.05, 0.1) is 23.5 Å². The maximum absolute atomic E-state index is 13.8. The number of rotatable bonds is 5. The van der Waals surface area contributed by atoms with E-state index in [4.69, 9.17) is 12.2 Å². The van der Waals surface area contributed by atoms with Gasteiger partial charge in [-0.3, -0.25) is 4.98 Å². The number of nitrogens with zero attached hydrogens (tertiary/aromatic N) is 3. The van der Waals surface area contributed by atoms with E-state index in [-0.39, 0.29) is 17.9 Å². The van der Waals surface area contributed by atoms with Crippen molar-refractivity contribution < 1.29 is 4.39 Å². The fourth-order valence-corrected chi connectivity index (χ4v) is 5.65. The Kier molecular flexibility index (Phi) is 6.15. The molecular formula is C29H29FN4S. The van der Waals surface area contributed by atoms with Crippen LogP contribution in [0.1, 0.15) is 52.8 Å². The van der Waals surface area contributed by atoms with Gasteiger partial charge >= 0.3 is 0 Å². The van der Waals surface area contributed by atoms with E-state index in [9.17, 15) is 4.39 Å². The number of pyridine rings is 1. The number of aryl methyl sites for hydroxylation is 3. The minimum absolute atomic E-state index is 0.142. The van der Waals surface area contributed by atoms with Crippen LogP contribution < -0.4 is 10.2 Å². The number of anilines is 1. The third-order valence-electron chi connectivity index (χ3n) is 6.92. The second-order valence-electron chi connectivity index (χ2n) is 9.07. The smallest absolute Gasteiger partial charge is 0.174 e. The van der Waals surface area contributed by atoms with E-state index in [0.29, 0.717) is 5.11 Å². The van der Waals surface area contributed by atoms with Crippen molar-refractivity contribution in [3.05, 3.63) is 113 Å². The summed E-state index contributed by atoms with van der Waals surface area (Å²) in [6.45, 7) is 8.69. The number of nitrogens with one attached hydrogen (secondary N) is 1. The number of benzene rings is 2. The molecule has 2 aromatic carbocycles. The monoisotopic (exact) mass is 484 g/mol. The summed E-state index contributed by atoms with van der Waals surface area (Å²) < 4.78 is 16.1. The fourth-order valence-electron chi connectivity index (χ4n) is 5.31. The zero-order valence-corrected chi connectivity index (χ0v) is 21.2. The highest BCUT2D eigenvalue weighted by Gasteiger charge is 2.42. The van der Waals surface area contributed by atoms with Gasteiger partial charge in [-0.05, 0) is 98.6 Å². The summed E-state index contributed by atoms with van der Waals surface area (Å²) in [4.78, 5) is 6.75. The molecule has 0 aliphatic carbocycles. The highest BCUT2D eigenvalue weighted by molar-refractivity contribution is 7.80. The molecule has 0 unspecified atom stereocenters. The molecule has 1 fully saturated rings. The van der Waals surface area contributed by atoms with Crippen molar-refractivity contribution in [2.45, 2.75) is 46.2 Å². The second-order valence-corrected chi connectivity index (χ2v) is 9.46. The number of aromatic nitrogens is 2. The first-order chi connectivity index (χ1) is 16.9. The molecule has 6 heteroatoms. The number of para-hydroxylation sites is 1. The minimum Gasteiger partial charge on any atom is -0.351 e.